The summed E-state index contributed by atoms with van der Waals surface area (Å²) in [5.41, 5.74) is 3.53. The zero-order valence-electron chi connectivity index (χ0n) is 12.6. The van der Waals surface area contributed by atoms with Gasteiger partial charge in [-0.15, -0.1) is 0 Å². The largest absolute Gasteiger partial charge is 0.452 e. The smallest absolute Gasteiger partial charge is 0.0726 e. The number of piperazine rings is 1. The second-order valence-corrected chi connectivity index (χ2v) is 6.29. The molecule has 1 aliphatic heterocycles. The summed E-state index contributed by atoms with van der Waals surface area (Å²) in [6, 6.07) is 10.7. The lowest BCUT2D eigenvalue weighted by molar-refractivity contribution is 0.161. The molecule has 1 aromatic heterocycles. The van der Waals surface area contributed by atoms with Crippen molar-refractivity contribution >= 4 is 16.6 Å². The van der Waals surface area contributed by atoms with Gasteiger partial charge in [0.25, 0.3) is 0 Å². The van der Waals surface area contributed by atoms with Crippen molar-refractivity contribution in [2.75, 3.05) is 24.5 Å². The zero-order chi connectivity index (χ0) is 14.3. The summed E-state index contributed by atoms with van der Waals surface area (Å²) in [6.07, 6.45) is 0. The summed E-state index contributed by atoms with van der Waals surface area (Å²) < 4.78 is 0. The van der Waals surface area contributed by atoms with Crippen molar-refractivity contribution in [2.24, 2.45) is 0 Å². The molecule has 1 fully saturated rings. The van der Waals surface area contributed by atoms with Crippen molar-refractivity contribution in [1.29, 1.82) is 0 Å². The van der Waals surface area contributed by atoms with E-state index in [1.54, 1.807) is 0 Å². The van der Waals surface area contributed by atoms with E-state index >= 15 is 0 Å². The second-order valence-electron chi connectivity index (χ2n) is 6.29. The quantitative estimate of drug-likeness (QED) is 0.740. The van der Waals surface area contributed by atoms with E-state index in [0.29, 0.717) is 0 Å². The van der Waals surface area contributed by atoms with Crippen LogP contribution in [-0.2, 0) is 0 Å². The maximum atomic E-state index is 4.63. The van der Waals surface area contributed by atoms with Gasteiger partial charge in [-0.2, -0.15) is 0 Å². The standard InChI is InChI=1S/C17H22N3/c1-13-8-9-14-15(18-13)6-5-7-16(14)20-11-10-19(4)17(2,3)12-20/h5-9H,4,10-12H2,1-3H3/q-1. The summed E-state index contributed by atoms with van der Waals surface area (Å²) >= 11 is 0. The van der Waals surface area contributed by atoms with E-state index in [0.717, 1.165) is 30.8 Å². The van der Waals surface area contributed by atoms with Gasteiger partial charge in [-0.1, -0.05) is 6.07 Å². The van der Waals surface area contributed by atoms with Crippen molar-refractivity contribution in [3.8, 4) is 0 Å². The molecule has 3 heteroatoms. The monoisotopic (exact) mass is 268 g/mol. The summed E-state index contributed by atoms with van der Waals surface area (Å²) in [6.45, 7) is 9.53. The number of hydrogen-bond acceptors (Lipinski definition) is 3. The van der Waals surface area contributed by atoms with Gasteiger partial charge in [-0.3, -0.25) is 12.0 Å². The van der Waals surface area contributed by atoms with E-state index in [-0.39, 0.29) is 5.54 Å². The predicted octanol–water partition coefficient (Wildman–Crippen LogP) is 3.24. The number of fused-ring (bicyclic) bond motifs is 1. The Bertz CT molecular complexity index is 633. The molecule has 2 aromatic rings. The molecule has 3 nitrogen and oxygen atoms in total. The average molecular weight is 268 g/mol. The summed E-state index contributed by atoms with van der Waals surface area (Å²) in [7, 11) is 4.15. The van der Waals surface area contributed by atoms with Gasteiger partial charge in [0.05, 0.1) is 5.52 Å². The van der Waals surface area contributed by atoms with E-state index in [2.05, 4.69) is 66.0 Å². The minimum Gasteiger partial charge on any atom is -0.452 e. The van der Waals surface area contributed by atoms with Crippen LogP contribution in [0.2, 0.25) is 0 Å². The normalized spacial score (nSPS) is 19.5. The van der Waals surface area contributed by atoms with E-state index in [1.165, 1.54) is 11.1 Å². The Hall–Kier alpha value is -1.61. The molecule has 0 N–H and O–H groups in total. The molecule has 106 valence electrons. The predicted molar refractivity (Wildman–Crippen MR) is 84.8 cm³/mol. The number of benzene rings is 1. The first-order valence-corrected chi connectivity index (χ1v) is 7.17. The van der Waals surface area contributed by atoms with Crippen LogP contribution in [0.3, 0.4) is 0 Å². The highest BCUT2D eigenvalue weighted by molar-refractivity contribution is 5.92. The zero-order valence-corrected chi connectivity index (χ0v) is 12.6. The molecule has 0 spiro atoms. The molecule has 1 aliphatic rings. The molecule has 0 saturated carbocycles. The first-order chi connectivity index (χ1) is 9.47. The highest BCUT2D eigenvalue weighted by atomic mass is 15.3. The van der Waals surface area contributed by atoms with Crippen LogP contribution in [0.15, 0.2) is 30.3 Å². The lowest BCUT2D eigenvalue weighted by Crippen LogP contribution is -2.56. The van der Waals surface area contributed by atoms with Gasteiger partial charge in [0, 0.05) is 35.4 Å². The van der Waals surface area contributed by atoms with Crippen molar-refractivity contribution in [3.63, 3.8) is 0 Å². The van der Waals surface area contributed by atoms with Crippen LogP contribution in [-0.4, -0.2) is 35.1 Å². The maximum Gasteiger partial charge on any atom is 0.0726 e. The van der Waals surface area contributed by atoms with E-state index in [4.69, 9.17) is 0 Å². The Kier molecular flexibility index (Phi) is 3.17. The Morgan fingerprint density at radius 2 is 1.95 bits per heavy atom. The minimum absolute atomic E-state index is 0.0958. The van der Waals surface area contributed by atoms with Crippen LogP contribution in [0, 0.1) is 14.0 Å². The fourth-order valence-corrected chi connectivity index (χ4v) is 2.91. The van der Waals surface area contributed by atoms with Crippen molar-refractivity contribution in [1.82, 2.24) is 9.88 Å². The number of rotatable bonds is 1. The van der Waals surface area contributed by atoms with Crippen LogP contribution >= 0.6 is 0 Å². The SMILES string of the molecule is [CH2-]N1CCN(c2cccc3nc(C)ccc23)CC1(C)C. The van der Waals surface area contributed by atoms with Crippen LogP contribution in [0.5, 0.6) is 0 Å². The van der Waals surface area contributed by atoms with Crippen molar-refractivity contribution in [2.45, 2.75) is 26.3 Å². The minimum atomic E-state index is 0.0958. The van der Waals surface area contributed by atoms with Crippen LogP contribution in [0.1, 0.15) is 19.5 Å². The highest BCUT2D eigenvalue weighted by Crippen LogP contribution is 2.30. The molecular formula is C17H22N3-. The topological polar surface area (TPSA) is 19.4 Å². The van der Waals surface area contributed by atoms with E-state index < -0.39 is 0 Å². The number of hydrogen-bond donors (Lipinski definition) is 0. The number of nitrogens with zero attached hydrogens (tertiary/aromatic N) is 3. The molecule has 0 radical (unpaired) electrons. The van der Waals surface area contributed by atoms with E-state index in [1.807, 2.05) is 6.92 Å². The molecule has 20 heavy (non-hydrogen) atoms. The fourth-order valence-electron chi connectivity index (χ4n) is 2.91. The summed E-state index contributed by atoms with van der Waals surface area (Å²) in [5.74, 6) is 0. The van der Waals surface area contributed by atoms with Gasteiger partial charge >= 0.3 is 0 Å². The Morgan fingerprint density at radius 1 is 1.15 bits per heavy atom. The molecule has 0 aliphatic carbocycles. The van der Waals surface area contributed by atoms with E-state index in [9.17, 15) is 0 Å². The molecule has 0 unspecified atom stereocenters. The lowest BCUT2D eigenvalue weighted by atomic mass is 9.98. The van der Waals surface area contributed by atoms with Crippen LogP contribution in [0.4, 0.5) is 5.69 Å². The fraction of sp³-hybridized carbons (Fsp3) is 0.412. The van der Waals surface area contributed by atoms with Gasteiger partial charge in [0.2, 0.25) is 0 Å². The lowest BCUT2D eigenvalue weighted by Gasteiger charge is -2.51. The highest BCUT2D eigenvalue weighted by Gasteiger charge is 2.28. The number of aryl methyl sites for hydroxylation is 1. The molecule has 2 heterocycles. The maximum absolute atomic E-state index is 4.63. The molecule has 1 saturated heterocycles. The van der Waals surface area contributed by atoms with Crippen LogP contribution in [0.25, 0.3) is 10.9 Å². The van der Waals surface area contributed by atoms with Gasteiger partial charge < -0.3 is 9.80 Å². The van der Waals surface area contributed by atoms with Gasteiger partial charge in [-0.25, -0.2) is 0 Å². The van der Waals surface area contributed by atoms with Gasteiger partial charge in [-0.05, 0) is 51.6 Å². The number of pyridine rings is 1. The van der Waals surface area contributed by atoms with Gasteiger partial charge in [0.1, 0.15) is 0 Å². The summed E-state index contributed by atoms with van der Waals surface area (Å²) in [5, 5.41) is 1.24. The third-order valence-corrected chi connectivity index (χ3v) is 4.26. The Balaban J connectivity index is 2.02. The molecule has 0 bridgehead atoms. The molecule has 0 amide bonds. The first kappa shape index (κ1) is 13.4. The number of aromatic nitrogens is 1. The Morgan fingerprint density at radius 3 is 2.70 bits per heavy atom. The average Bonchev–Trinajstić information content (AvgIpc) is 2.41. The number of anilines is 1. The second kappa shape index (κ2) is 4.74. The van der Waals surface area contributed by atoms with Crippen molar-refractivity contribution in [3.05, 3.63) is 43.1 Å². The van der Waals surface area contributed by atoms with Gasteiger partial charge in [0.15, 0.2) is 0 Å². The molecular weight excluding hydrogens is 246 g/mol. The molecule has 3 rings (SSSR count). The third kappa shape index (κ3) is 2.27. The third-order valence-electron chi connectivity index (χ3n) is 4.26. The Labute approximate surface area is 121 Å². The summed E-state index contributed by atoms with van der Waals surface area (Å²) in [4.78, 5) is 9.28. The molecule has 0 atom stereocenters. The van der Waals surface area contributed by atoms with Crippen molar-refractivity contribution < 1.29 is 0 Å². The van der Waals surface area contributed by atoms with Crippen LogP contribution < -0.4 is 4.90 Å². The first-order valence-electron chi connectivity index (χ1n) is 7.17. The molecule has 1 aromatic carbocycles.